The molecule has 0 N–H and O–H groups in total. The molecule has 0 heterocycles. The average molecular weight is 140 g/mol. The van der Waals surface area contributed by atoms with E-state index in [1.807, 2.05) is 0 Å². The Balaban J connectivity index is 2.18. The van der Waals surface area contributed by atoms with Crippen molar-refractivity contribution in [3.63, 3.8) is 0 Å². The third-order valence-electron chi connectivity index (χ3n) is 2.74. The number of hydrogen-bond donors (Lipinski definition) is 0. The lowest BCUT2D eigenvalue weighted by Gasteiger charge is -2.26. The zero-order valence-electron chi connectivity index (χ0n) is 7.40. The standard InChI is InChI=1S/C10H20/c1-3-5-10-7-4-6-9(2)8-10/h9-10H,3-8H2,1-2H3/t9-,10?/m1/s1. The van der Waals surface area contributed by atoms with Gasteiger partial charge in [0.1, 0.15) is 0 Å². The van der Waals surface area contributed by atoms with Crippen LogP contribution in [0.3, 0.4) is 0 Å². The van der Waals surface area contributed by atoms with Crippen molar-refractivity contribution in [1.82, 2.24) is 0 Å². The van der Waals surface area contributed by atoms with Gasteiger partial charge in [-0.25, -0.2) is 0 Å². The molecular weight excluding hydrogens is 120 g/mol. The van der Waals surface area contributed by atoms with Crippen molar-refractivity contribution in [1.29, 1.82) is 0 Å². The maximum absolute atomic E-state index is 2.40. The van der Waals surface area contributed by atoms with E-state index in [2.05, 4.69) is 13.8 Å². The van der Waals surface area contributed by atoms with Gasteiger partial charge < -0.3 is 0 Å². The highest BCUT2D eigenvalue weighted by Gasteiger charge is 2.17. The predicted octanol–water partition coefficient (Wildman–Crippen LogP) is 3.61. The van der Waals surface area contributed by atoms with Crippen molar-refractivity contribution < 1.29 is 0 Å². The summed E-state index contributed by atoms with van der Waals surface area (Å²) < 4.78 is 0. The van der Waals surface area contributed by atoms with E-state index in [-0.39, 0.29) is 0 Å². The first-order valence-electron chi connectivity index (χ1n) is 4.83. The van der Waals surface area contributed by atoms with E-state index >= 15 is 0 Å². The maximum Gasteiger partial charge on any atom is -0.0412 e. The van der Waals surface area contributed by atoms with Crippen LogP contribution in [0.2, 0.25) is 0 Å². The van der Waals surface area contributed by atoms with E-state index in [9.17, 15) is 0 Å². The molecule has 1 rings (SSSR count). The normalized spacial score (nSPS) is 34.2. The lowest BCUT2D eigenvalue weighted by Crippen LogP contribution is -2.12. The molecule has 10 heavy (non-hydrogen) atoms. The van der Waals surface area contributed by atoms with E-state index in [1.165, 1.54) is 38.5 Å². The monoisotopic (exact) mass is 140 g/mol. The van der Waals surface area contributed by atoms with Crippen LogP contribution in [0.15, 0.2) is 0 Å². The van der Waals surface area contributed by atoms with Crippen molar-refractivity contribution in [3.8, 4) is 0 Å². The third kappa shape index (κ3) is 2.32. The second-order valence-corrected chi connectivity index (χ2v) is 3.93. The molecule has 1 unspecified atom stereocenters. The van der Waals surface area contributed by atoms with Crippen LogP contribution in [0.5, 0.6) is 0 Å². The highest BCUT2D eigenvalue weighted by Crippen LogP contribution is 2.31. The average Bonchev–Trinajstić information content (AvgIpc) is 1.88. The molecule has 0 aromatic carbocycles. The second kappa shape index (κ2) is 4.00. The third-order valence-corrected chi connectivity index (χ3v) is 2.74. The molecule has 0 aromatic rings. The topological polar surface area (TPSA) is 0 Å². The molecular formula is C10H20. The molecule has 0 radical (unpaired) electrons. The molecule has 0 spiro atoms. The van der Waals surface area contributed by atoms with Crippen LogP contribution < -0.4 is 0 Å². The molecule has 1 fully saturated rings. The molecule has 1 aliphatic rings. The molecule has 1 aliphatic carbocycles. The first kappa shape index (κ1) is 8.10. The molecule has 1 saturated carbocycles. The van der Waals surface area contributed by atoms with Gasteiger partial charge in [0.15, 0.2) is 0 Å². The molecule has 0 saturated heterocycles. The van der Waals surface area contributed by atoms with Gasteiger partial charge in [-0.2, -0.15) is 0 Å². The fraction of sp³-hybridized carbons (Fsp3) is 1.00. The molecule has 60 valence electrons. The van der Waals surface area contributed by atoms with E-state index in [0.717, 1.165) is 11.8 Å². The molecule has 0 nitrogen and oxygen atoms in total. The summed E-state index contributed by atoms with van der Waals surface area (Å²) in [4.78, 5) is 0. The van der Waals surface area contributed by atoms with Crippen LogP contribution in [0.4, 0.5) is 0 Å². The van der Waals surface area contributed by atoms with Crippen LogP contribution in [-0.4, -0.2) is 0 Å². The zero-order valence-corrected chi connectivity index (χ0v) is 7.40. The minimum absolute atomic E-state index is 1.02. The summed E-state index contributed by atoms with van der Waals surface area (Å²) >= 11 is 0. The van der Waals surface area contributed by atoms with Gasteiger partial charge in [-0.05, 0) is 18.3 Å². The molecule has 2 atom stereocenters. The lowest BCUT2D eigenvalue weighted by atomic mass is 9.80. The lowest BCUT2D eigenvalue weighted by molar-refractivity contribution is 0.268. The van der Waals surface area contributed by atoms with Gasteiger partial charge in [0.25, 0.3) is 0 Å². The molecule has 0 amide bonds. The van der Waals surface area contributed by atoms with Crippen molar-refractivity contribution in [3.05, 3.63) is 0 Å². The Morgan fingerprint density at radius 3 is 2.70 bits per heavy atom. The highest BCUT2D eigenvalue weighted by molar-refractivity contribution is 4.69. The van der Waals surface area contributed by atoms with E-state index < -0.39 is 0 Å². The van der Waals surface area contributed by atoms with Crippen LogP contribution >= 0.6 is 0 Å². The summed E-state index contributed by atoms with van der Waals surface area (Å²) in [6.45, 7) is 4.71. The Kier molecular flexibility index (Phi) is 3.24. The van der Waals surface area contributed by atoms with E-state index in [0.29, 0.717) is 0 Å². The summed E-state index contributed by atoms with van der Waals surface area (Å²) in [5.74, 6) is 2.10. The first-order chi connectivity index (χ1) is 4.83. The van der Waals surface area contributed by atoms with Gasteiger partial charge in [-0.15, -0.1) is 0 Å². The van der Waals surface area contributed by atoms with Crippen LogP contribution in [0.1, 0.15) is 52.4 Å². The second-order valence-electron chi connectivity index (χ2n) is 3.93. The van der Waals surface area contributed by atoms with Crippen molar-refractivity contribution in [2.24, 2.45) is 11.8 Å². The van der Waals surface area contributed by atoms with Crippen LogP contribution in [-0.2, 0) is 0 Å². The fourth-order valence-electron chi connectivity index (χ4n) is 2.23. The fourth-order valence-corrected chi connectivity index (χ4v) is 2.23. The Labute approximate surface area is 65.0 Å². The molecule has 0 heteroatoms. The van der Waals surface area contributed by atoms with E-state index in [4.69, 9.17) is 0 Å². The molecule has 0 bridgehead atoms. The first-order valence-corrected chi connectivity index (χ1v) is 4.83. The summed E-state index contributed by atoms with van der Waals surface area (Å²) in [6.07, 6.45) is 8.86. The van der Waals surface area contributed by atoms with Crippen LogP contribution in [0.25, 0.3) is 0 Å². The highest BCUT2D eigenvalue weighted by atomic mass is 14.2. The minimum Gasteiger partial charge on any atom is -0.0654 e. The van der Waals surface area contributed by atoms with Crippen molar-refractivity contribution in [2.75, 3.05) is 0 Å². The quantitative estimate of drug-likeness (QED) is 0.549. The van der Waals surface area contributed by atoms with Gasteiger partial charge in [0.05, 0.1) is 0 Å². The Hall–Kier alpha value is 0. The van der Waals surface area contributed by atoms with Gasteiger partial charge in [-0.1, -0.05) is 46.0 Å². The summed E-state index contributed by atoms with van der Waals surface area (Å²) in [7, 11) is 0. The van der Waals surface area contributed by atoms with Gasteiger partial charge in [-0.3, -0.25) is 0 Å². The SMILES string of the molecule is CCCC1CCC[C@@H](C)C1. The van der Waals surface area contributed by atoms with Crippen molar-refractivity contribution >= 4 is 0 Å². The minimum atomic E-state index is 1.02. The summed E-state index contributed by atoms with van der Waals surface area (Å²) in [5.41, 5.74) is 0. The largest absolute Gasteiger partial charge is 0.0654 e. The van der Waals surface area contributed by atoms with Gasteiger partial charge >= 0.3 is 0 Å². The van der Waals surface area contributed by atoms with Gasteiger partial charge in [0.2, 0.25) is 0 Å². The Bertz CT molecular complexity index is 84.0. The van der Waals surface area contributed by atoms with Crippen LogP contribution in [0, 0.1) is 11.8 Å². The number of rotatable bonds is 2. The smallest absolute Gasteiger partial charge is 0.0412 e. The van der Waals surface area contributed by atoms with Gasteiger partial charge in [0, 0.05) is 0 Å². The Morgan fingerprint density at radius 1 is 1.30 bits per heavy atom. The van der Waals surface area contributed by atoms with Crippen molar-refractivity contribution in [2.45, 2.75) is 52.4 Å². The Morgan fingerprint density at radius 2 is 2.10 bits per heavy atom. The maximum atomic E-state index is 2.40. The summed E-state index contributed by atoms with van der Waals surface area (Å²) in [5, 5.41) is 0. The zero-order chi connectivity index (χ0) is 7.40. The number of hydrogen-bond acceptors (Lipinski definition) is 0. The molecule has 0 aromatic heterocycles. The predicted molar refractivity (Wildman–Crippen MR) is 46.0 cm³/mol. The summed E-state index contributed by atoms with van der Waals surface area (Å²) in [6, 6.07) is 0. The van der Waals surface area contributed by atoms with E-state index in [1.54, 1.807) is 0 Å². The molecule has 0 aliphatic heterocycles.